The lowest BCUT2D eigenvalue weighted by atomic mass is 10.1. The molecule has 2 aromatic carbocycles. The fourth-order valence-corrected chi connectivity index (χ4v) is 2.19. The van der Waals surface area contributed by atoms with E-state index >= 15 is 0 Å². The van der Waals surface area contributed by atoms with E-state index in [1.54, 1.807) is 13.2 Å². The van der Waals surface area contributed by atoms with Gasteiger partial charge < -0.3 is 15.4 Å². The second-order valence-corrected chi connectivity index (χ2v) is 5.10. The minimum Gasteiger partial charge on any atom is -0.496 e. The van der Waals surface area contributed by atoms with Gasteiger partial charge in [0.15, 0.2) is 0 Å². The van der Waals surface area contributed by atoms with Crippen LogP contribution in [-0.4, -0.2) is 18.9 Å². The third kappa shape index (κ3) is 4.57. The lowest BCUT2D eigenvalue weighted by Gasteiger charge is -2.14. The second-order valence-electron chi connectivity index (χ2n) is 5.10. The fraction of sp³-hybridized carbons (Fsp3) is 0.222. The Morgan fingerprint density at radius 3 is 2.35 bits per heavy atom. The molecule has 2 amide bonds. The van der Waals surface area contributed by atoms with E-state index in [-0.39, 0.29) is 12.6 Å². The highest BCUT2D eigenvalue weighted by atomic mass is 16.5. The van der Waals surface area contributed by atoms with Crippen molar-refractivity contribution < 1.29 is 14.3 Å². The smallest absolute Gasteiger partial charge is 0.309 e. The number of nitrogens with one attached hydrogen (secondary N) is 2. The normalized spacial score (nSPS) is 11.4. The predicted molar refractivity (Wildman–Crippen MR) is 87.8 cm³/mol. The quantitative estimate of drug-likeness (QED) is 0.832. The maximum Gasteiger partial charge on any atom is 0.309 e. The SMILES string of the molecule is COc1ccccc1CNC(=O)C(=O)NC(C)c1ccccc1. The van der Waals surface area contributed by atoms with Crippen molar-refractivity contribution in [1.29, 1.82) is 0 Å². The van der Waals surface area contributed by atoms with E-state index in [4.69, 9.17) is 4.74 Å². The summed E-state index contributed by atoms with van der Waals surface area (Å²) in [5.74, 6) is -0.652. The monoisotopic (exact) mass is 312 g/mol. The number of ether oxygens (including phenoxy) is 1. The van der Waals surface area contributed by atoms with Crippen molar-refractivity contribution in [3.05, 3.63) is 65.7 Å². The van der Waals surface area contributed by atoms with Gasteiger partial charge in [0.2, 0.25) is 0 Å². The maximum atomic E-state index is 11.9. The highest BCUT2D eigenvalue weighted by molar-refractivity contribution is 6.35. The van der Waals surface area contributed by atoms with Gasteiger partial charge in [0, 0.05) is 12.1 Å². The van der Waals surface area contributed by atoms with Gasteiger partial charge in [-0.3, -0.25) is 9.59 Å². The van der Waals surface area contributed by atoms with E-state index in [2.05, 4.69) is 10.6 Å². The Kier molecular flexibility index (Phi) is 5.74. The number of hydrogen-bond donors (Lipinski definition) is 2. The molecule has 0 spiro atoms. The third-order valence-electron chi connectivity index (χ3n) is 3.49. The Balaban J connectivity index is 1.89. The van der Waals surface area contributed by atoms with Crippen LogP contribution in [0.1, 0.15) is 24.1 Å². The minimum absolute atomic E-state index is 0.232. The zero-order valence-electron chi connectivity index (χ0n) is 13.2. The summed E-state index contributed by atoms with van der Waals surface area (Å²) >= 11 is 0. The predicted octanol–water partition coefficient (Wildman–Crippen LogP) is 2.19. The van der Waals surface area contributed by atoms with Crippen LogP contribution in [0.25, 0.3) is 0 Å². The molecule has 0 aliphatic carbocycles. The number of hydrogen-bond acceptors (Lipinski definition) is 3. The van der Waals surface area contributed by atoms with Crippen molar-refractivity contribution in [3.8, 4) is 5.75 Å². The molecule has 23 heavy (non-hydrogen) atoms. The first kappa shape index (κ1) is 16.5. The van der Waals surface area contributed by atoms with E-state index < -0.39 is 11.8 Å². The van der Waals surface area contributed by atoms with Crippen LogP contribution in [0.15, 0.2) is 54.6 Å². The number of para-hydroxylation sites is 1. The average Bonchev–Trinajstić information content (AvgIpc) is 2.60. The Morgan fingerprint density at radius 2 is 1.65 bits per heavy atom. The van der Waals surface area contributed by atoms with E-state index in [1.807, 2.05) is 55.5 Å². The van der Waals surface area contributed by atoms with Crippen LogP contribution in [0.5, 0.6) is 5.75 Å². The zero-order chi connectivity index (χ0) is 16.7. The number of amides is 2. The molecule has 2 N–H and O–H groups in total. The first-order chi connectivity index (χ1) is 11.1. The minimum atomic E-state index is -0.668. The number of carbonyl (C=O) groups excluding carboxylic acids is 2. The van der Waals surface area contributed by atoms with Gasteiger partial charge in [-0.1, -0.05) is 48.5 Å². The van der Waals surface area contributed by atoms with Crippen LogP contribution in [0, 0.1) is 0 Å². The molecular formula is C18H20N2O3. The summed E-state index contributed by atoms with van der Waals surface area (Å²) in [5, 5.41) is 5.28. The molecule has 0 bridgehead atoms. The largest absolute Gasteiger partial charge is 0.496 e. The summed E-state index contributed by atoms with van der Waals surface area (Å²) in [4.78, 5) is 23.9. The van der Waals surface area contributed by atoms with Crippen LogP contribution < -0.4 is 15.4 Å². The molecule has 0 aromatic heterocycles. The Bertz CT molecular complexity index is 671. The maximum absolute atomic E-state index is 11.9. The van der Waals surface area contributed by atoms with Crippen LogP contribution in [-0.2, 0) is 16.1 Å². The molecule has 2 aromatic rings. The van der Waals surface area contributed by atoms with Gasteiger partial charge in [-0.05, 0) is 18.6 Å². The van der Waals surface area contributed by atoms with Gasteiger partial charge >= 0.3 is 11.8 Å². The second kappa shape index (κ2) is 7.98. The average molecular weight is 312 g/mol. The third-order valence-corrected chi connectivity index (χ3v) is 3.49. The van der Waals surface area contributed by atoms with Gasteiger partial charge in [0.1, 0.15) is 5.75 Å². The standard InChI is InChI=1S/C18H20N2O3/c1-13(14-8-4-3-5-9-14)20-18(22)17(21)19-12-15-10-6-7-11-16(15)23-2/h3-11,13H,12H2,1-2H3,(H,19,21)(H,20,22). The zero-order valence-corrected chi connectivity index (χ0v) is 13.2. The molecule has 0 heterocycles. The summed E-state index contributed by atoms with van der Waals surface area (Å²) in [6.07, 6.45) is 0. The molecule has 2 rings (SSSR count). The molecule has 0 aliphatic rings. The van der Waals surface area contributed by atoms with E-state index in [1.165, 1.54) is 0 Å². The van der Waals surface area contributed by atoms with Crippen molar-refractivity contribution >= 4 is 11.8 Å². The number of methoxy groups -OCH3 is 1. The van der Waals surface area contributed by atoms with Crippen molar-refractivity contribution in [2.45, 2.75) is 19.5 Å². The van der Waals surface area contributed by atoms with Crippen LogP contribution in [0.4, 0.5) is 0 Å². The van der Waals surface area contributed by atoms with E-state index in [9.17, 15) is 9.59 Å². The summed E-state index contributed by atoms with van der Waals surface area (Å²) in [5.41, 5.74) is 1.76. The van der Waals surface area contributed by atoms with Crippen LogP contribution in [0.2, 0.25) is 0 Å². The first-order valence-corrected chi connectivity index (χ1v) is 7.37. The summed E-state index contributed by atoms with van der Waals surface area (Å²) in [6, 6.07) is 16.6. The van der Waals surface area contributed by atoms with Crippen molar-refractivity contribution in [2.75, 3.05) is 7.11 Å². The molecular weight excluding hydrogens is 292 g/mol. The van der Waals surface area contributed by atoms with Gasteiger partial charge in [0.05, 0.1) is 13.2 Å². The Labute approximate surface area is 135 Å². The molecule has 120 valence electrons. The number of rotatable bonds is 5. The molecule has 5 heteroatoms. The molecule has 0 aliphatic heterocycles. The summed E-state index contributed by atoms with van der Waals surface area (Å²) in [7, 11) is 1.56. The molecule has 1 unspecified atom stereocenters. The van der Waals surface area contributed by atoms with Gasteiger partial charge in [-0.15, -0.1) is 0 Å². The van der Waals surface area contributed by atoms with Crippen LogP contribution >= 0.6 is 0 Å². The van der Waals surface area contributed by atoms with Gasteiger partial charge in [0.25, 0.3) is 0 Å². The molecule has 1 atom stereocenters. The molecule has 0 radical (unpaired) electrons. The topological polar surface area (TPSA) is 67.4 Å². The lowest BCUT2D eigenvalue weighted by molar-refractivity contribution is -0.139. The van der Waals surface area contributed by atoms with Crippen molar-refractivity contribution in [1.82, 2.24) is 10.6 Å². The summed E-state index contributed by atoms with van der Waals surface area (Å²) in [6.45, 7) is 2.07. The first-order valence-electron chi connectivity index (χ1n) is 7.37. The Morgan fingerprint density at radius 1 is 1.00 bits per heavy atom. The van der Waals surface area contributed by atoms with Crippen molar-refractivity contribution in [3.63, 3.8) is 0 Å². The highest BCUT2D eigenvalue weighted by Crippen LogP contribution is 2.16. The highest BCUT2D eigenvalue weighted by Gasteiger charge is 2.17. The molecule has 0 saturated heterocycles. The van der Waals surface area contributed by atoms with Crippen LogP contribution in [0.3, 0.4) is 0 Å². The fourth-order valence-electron chi connectivity index (χ4n) is 2.19. The van der Waals surface area contributed by atoms with Gasteiger partial charge in [-0.25, -0.2) is 0 Å². The molecule has 0 fully saturated rings. The number of carbonyl (C=O) groups is 2. The van der Waals surface area contributed by atoms with Gasteiger partial charge in [-0.2, -0.15) is 0 Å². The molecule has 5 nitrogen and oxygen atoms in total. The van der Waals surface area contributed by atoms with E-state index in [0.29, 0.717) is 5.75 Å². The molecule has 0 saturated carbocycles. The summed E-state index contributed by atoms with van der Waals surface area (Å²) < 4.78 is 5.21. The lowest BCUT2D eigenvalue weighted by Crippen LogP contribution is -2.40. The Hall–Kier alpha value is -2.82. The van der Waals surface area contributed by atoms with Crippen molar-refractivity contribution in [2.24, 2.45) is 0 Å². The number of benzene rings is 2. The van der Waals surface area contributed by atoms with E-state index in [0.717, 1.165) is 11.1 Å².